The number of fused-ring (bicyclic) bond motifs is 1. The van der Waals surface area contributed by atoms with E-state index in [1.54, 1.807) is 25.1 Å². The van der Waals surface area contributed by atoms with Crippen molar-refractivity contribution >= 4 is 23.0 Å². The standard InChI is InChI=1S/C22H25FN4O3/c1-14-2-3-15(12-18(14)23)13-25-22(28)16-7-10-26(11-8-16)21-17-6-9-24-19(17)4-5-20(21)27(29)30/h2-5,12,16,24H,6-11,13H2,1H3,(H,25,28). The molecular weight excluding hydrogens is 387 g/mol. The second-order valence-electron chi connectivity index (χ2n) is 7.96. The van der Waals surface area contributed by atoms with Crippen molar-refractivity contribution in [2.75, 3.05) is 29.9 Å². The number of halogens is 1. The van der Waals surface area contributed by atoms with Crippen LogP contribution in [-0.4, -0.2) is 30.5 Å². The van der Waals surface area contributed by atoms with Crippen molar-refractivity contribution in [3.05, 3.63) is 63.0 Å². The SMILES string of the molecule is Cc1ccc(CNC(=O)C2CCN(c3c([N+](=O)[O-])ccc4c3CCN4)CC2)cc1F. The molecule has 8 heteroatoms. The van der Waals surface area contributed by atoms with Gasteiger partial charge in [-0.05, 0) is 49.4 Å². The number of nitro groups is 1. The summed E-state index contributed by atoms with van der Waals surface area (Å²) in [5.74, 6) is -0.475. The van der Waals surface area contributed by atoms with Gasteiger partial charge in [-0.15, -0.1) is 0 Å². The van der Waals surface area contributed by atoms with Crippen LogP contribution in [0.4, 0.5) is 21.5 Å². The summed E-state index contributed by atoms with van der Waals surface area (Å²) < 4.78 is 13.7. The van der Waals surface area contributed by atoms with Crippen LogP contribution in [0.1, 0.15) is 29.5 Å². The molecule has 0 aromatic heterocycles. The number of hydrogen-bond acceptors (Lipinski definition) is 5. The highest BCUT2D eigenvalue weighted by molar-refractivity contribution is 5.80. The summed E-state index contributed by atoms with van der Waals surface area (Å²) in [5.41, 5.74) is 4.08. The number of carbonyl (C=O) groups excluding carboxylic acids is 1. The Kier molecular flexibility index (Phi) is 5.57. The minimum atomic E-state index is -0.326. The van der Waals surface area contributed by atoms with Crippen LogP contribution in [0.3, 0.4) is 0 Å². The first-order valence-electron chi connectivity index (χ1n) is 10.3. The van der Waals surface area contributed by atoms with Gasteiger partial charge in [0.05, 0.1) is 4.92 Å². The zero-order valence-electron chi connectivity index (χ0n) is 16.9. The number of aryl methyl sites for hydroxylation is 1. The van der Waals surface area contributed by atoms with Crippen molar-refractivity contribution in [1.82, 2.24) is 5.32 Å². The maximum atomic E-state index is 13.7. The van der Waals surface area contributed by atoms with Gasteiger partial charge in [-0.3, -0.25) is 14.9 Å². The summed E-state index contributed by atoms with van der Waals surface area (Å²) in [6.45, 7) is 3.96. The van der Waals surface area contributed by atoms with Gasteiger partial charge in [0.2, 0.25) is 5.91 Å². The monoisotopic (exact) mass is 412 g/mol. The van der Waals surface area contributed by atoms with E-state index in [4.69, 9.17) is 0 Å². The predicted molar refractivity (Wildman–Crippen MR) is 113 cm³/mol. The highest BCUT2D eigenvalue weighted by atomic mass is 19.1. The van der Waals surface area contributed by atoms with Gasteiger partial charge in [0.1, 0.15) is 11.5 Å². The average Bonchev–Trinajstić information content (AvgIpc) is 3.22. The normalized spacial score (nSPS) is 16.1. The van der Waals surface area contributed by atoms with Crippen LogP contribution in [0.15, 0.2) is 30.3 Å². The van der Waals surface area contributed by atoms with E-state index in [1.807, 2.05) is 11.0 Å². The first-order chi connectivity index (χ1) is 14.4. The lowest BCUT2D eigenvalue weighted by Gasteiger charge is -2.33. The van der Waals surface area contributed by atoms with Crippen LogP contribution in [0.2, 0.25) is 0 Å². The molecule has 7 nitrogen and oxygen atoms in total. The quantitative estimate of drug-likeness (QED) is 0.579. The Balaban J connectivity index is 1.39. The summed E-state index contributed by atoms with van der Waals surface area (Å²) >= 11 is 0. The van der Waals surface area contributed by atoms with E-state index >= 15 is 0 Å². The largest absolute Gasteiger partial charge is 0.384 e. The number of carbonyl (C=O) groups is 1. The number of hydrogen-bond donors (Lipinski definition) is 2. The molecule has 1 saturated heterocycles. The molecule has 2 aliphatic heterocycles. The summed E-state index contributed by atoms with van der Waals surface area (Å²) in [4.78, 5) is 25.9. The number of amides is 1. The molecule has 0 saturated carbocycles. The molecular formula is C22H25FN4O3. The minimum Gasteiger partial charge on any atom is -0.384 e. The second-order valence-corrected chi connectivity index (χ2v) is 7.96. The Bertz CT molecular complexity index is 987. The molecule has 0 spiro atoms. The van der Waals surface area contributed by atoms with E-state index < -0.39 is 0 Å². The Morgan fingerprint density at radius 2 is 2.07 bits per heavy atom. The number of piperidine rings is 1. The van der Waals surface area contributed by atoms with Crippen LogP contribution in [-0.2, 0) is 17.8 Å². The molecule has 0 aliphatic carbocycles. The Morgan fingerprint density at radius 1 is 1.30 bits per heavy atom. The third-order valence-corrected chi connectivity index (χ3v) is 6.03. The highest BCUT2D eigenvalue weighted by Gasteiger charge is 2.32. The molecule has 0 bridgehead atoms. The van der Waals surface area contributed by atoms with Crippen molar-refractivity contribution in [2.24, 2.45) is 5.92 Å². The molecule has 1 fully saturated rings. The number of benzene rings is 2. The number of nitrogens with zero attached hydrogens (tertiary/aromatic N) is 2. The molecule has 30 heavy (non-hydrogen) atoms. The number of nitrogens with one attached hydrogen (secondary N) is 2. The van der Waals surface area contributed by atoms with E-state index in [-0.39, 0.29) is 28.3 Å². The number of nitro benzene ring substituents is 1. The van der Waals surface area contributed by atoms with E-state index in [1.165, 1.54) is 6.07 Å². The van der Waals surface area contributed by atoms with Crippen molar-refractivity contribution < 1.29 is 14.1 Å². The van der Waals surface area contributed by atoms with Gasteiger partial charge < -0.3 is 15.5 Å². The molecule has 158 valence electrons. The smallest absolute Gasteiger partial charge is 0.292 e. The fourth-order valence-corrected chi connectivity index (χ4v) is 4.31. The summed E-state index contributed by atoms with van der Waals surface area (Å²) in [5, 5.41) is 17.7. The third-order valence-electron chi connectivity index (χ3n) is 6.03. The topological polar surface area (TPSA) is 87.5 Å². The lowest BCUT2D eigenvalue weighted by molar-refractivity contribution is -0.384. The predicted octanol–water partition coefficient (Wildman–Crippen LogP) is 3.54. The maximum Gasteiger partial charge on any atom is 0.292 e. The van der Waals surface area contributed by atoms with Crippen LogP contribution in [0, 0.1) is 28.8 Å². The summed E-state index contributed by atoms with van der Waals surface area (Å²) in [6, 6.07) is 8.30. The molecule has 2 aliphatic rings. The van der Waals surface area contributed by atoms with Crippen molar-refractivity contribution in [1.29, 1.82) is 0 Å². The number of anilines is 2. The van der Waals surface area contributed by atoms with Gasteiger partial charge in [-0.2, -0.15) is 0 Å². The molecule has 2 N–H and O–H groups in total. The van der Waals surface area contributed by atoms with E-state index in [0.717, 1.165) is 29.8 Å². The Morgan fingerprint density at radius 3 is 2.77 bits per heavy atom. The van der Waals surface area contributed by atoms with Gasteiger partial charge in [0.15, 0.2) is 0 Å². The fourth-order valence-electron chi connectivity index (χ4n) is 4.31. The number of rotatable bonds is 5. The summed E-state index contributed by atoms with van der Waals surface area (Å²) in [7, 11) is 0. The second kappa shape index (κ2) is 8.30. The van der Waals surface area contributed by atoms with Crippen molar-refractivity contribution in [3.8, 4) is 0 Å². The molecule has 4 rings (SSSR count). The van der Waals surface area contributed by atoms with E-state index in [0.29, 0.717) is 43.7 Å². The fraction of sp³-hybridized carbons (Fsp3) is 0.409. The van der Waals surface area contributed by atoms with Crippen molar-refractivity contribution in [2.45, 2.75) is 32.7 Å². The van der Waals surface area contributed by atoms with Gasteiger partial charge in [-0.25, -0.2) is 4.39 Å². The minimum absolute atomic E-state index is 0.0508. The van der Waals surface area contributed by atoms with E-state index in [2.05, 4.69) is 10.6 Å². The van der Waals surface area contributed by atoms with Gasteiger partial charge >= 0.3 is 0 Å². The van der Waals surface area contributed by atoms with Crippen LogP contribution >= 0.6 is 0 Å². The molecule has 0 unspecified atom stereocenters. The molecule has 2 aromatic rings. The van der Waals surface area contributed by atoms with Gasteiger partial charge in [-0.1, -0.05) is 12.1 Å². The van der Waals surface area contributed by atoms with Gasteiger partial charge in [0, 0.05) is 49.4 Å². The average molecular weight is 412 g/mol. The first-order valence-corrected chi connectivity index (χ1v) is 10.3. The molecule has 0 radical (unpaired) electrons. The van der Waals surface area contributed by atoms with Crippen LogP contribution in [0.25, 0.3) is 0 Å². The molecule has 1 amide bonds. The van der Waals surface area contributed by atoms with Crippen molar-refractivity contribution in [3.63, 3.8) is 0 Å². The Hall–Kier alpha value is -3.16. The van der Waals surface area contributed by atoms with Crippen LogP contribution in [0.5, 0.6) is 0 Å². The Labute approximate surface area is 174 Å². The van der Waals surface area contributed by atoms with Crippen LogP contribution < -0.4 is 15.5 Å². The first kappa shape index (κ1) is 20.1. The van der Waals surface area contributed by atoms with Gasteiger partial charge in [0.25, 0.3) is 5.69 Å². The lowest BCUT2D eigenvalue weighted by atomic mass is 9.94. The molecule has 2 heterocycles. The zero-order valence-corrected chi connectivity index (χ0v) is 16.9. The van der Waals surface area contributed by atoms with E-state index in [9.17, 15) is 19.3 Å². The summed E-state index contributed by atoms with van der Waals surface area (Å²) in [6.07, 6.45) is 2.02. The third kappa shape index (κ3) is 3.94. The zero-order chi connectivity index (χ0) is 21.3. The maximum absolute atomic E-state index is 13.7. The molecule has 2 aromatic carbocycles. The molecule has 0 atom stereocenters. The highest BCUT2D eigenvalue weighted by Crippen LogP contribution is 2.40. The lowest BCUT2D eigenvalue weighted by Crippen LogP contribution is -2.40.